The minimum absolute atomic E-state index is 0.0408. The fourth-order valence-corrected chi connectivity index (χ4v) is 4.70. The summed E-state index contributed by atoms with van der Waals surface area (Å²) in [4.78, 5) is 33.1. The number of piperidine rings is 1. The molecule has 5 rings (SSSR count). The van der Waals surface area contributed by atoms with Crippen molar-refractivity contribution in [3.8, 4) is 0 Å². The topological polar surface area (TPSA) is 69.0 Å². The summed E-state index contributed by atoms with van der Waals surface area (Å²) in [7, 11) is 0. The number of rotatable bonds is 2. The fraction of sp³-hybridized carbons (Fsp3) is 0.333. The van der Waals surface area contributed by atoms with E-state index >= 15 is 0 Å². The summed E-state index contributed by atoms with van der Waals surface area (Å²) in [5.74, 6) is 0.480. The number of nitrogens with one attached hydrogen (secondary N) is 2. The second-order valence-electron chi connectivity index (χ2n) is 7.68. The number of H-pyrrole nitrogens is 2. The van der Waals surface area contributed by atoms with E-state index in [1.165, 1.54) is 5.56 Å². The van der Waals surface area contributed by atoms with E-state index < -0.39 is 0 Å². The van der Waals surface area contributed by atoms with Gasteiger partial charge < -0.3 is 14.9 Å². The first-order valence-electron chi connectivity index (χ1n) is 9.14. The van der Waals surface area contributed by atoms with E-state index in [-0.39, 0.29) is 16.9 Å². The number of benzene rings is 1. The summed E-state index contributed by atoms with van der Waals surface area (Å²) in [5.41, 5.74) is 3.61. The van der Waals surface area contributed by atoms with Crippen LogP contribution in [0.25, 0.3) is 10.9 Å². The maximum atomic E-state index is 13.1. The van der Waals surface area contributed by atoms with Crippen molar-refractivity contribution in [2.45, 2.75) is 25.2 Å². The number of aromatic amines is 2. The Kier molecular flexibility index (Phi) is 3.17. The first-order valence-corrected chi connectivity index (χ1v) is 9.14. The van der Waals surface area contributed by atoms with Crippen molar-refractivity contribution in [2.75, 3.05) is 13.1 Å². The lowest BCUT2D eigenvalue weighted by Crippen LogP contribution is -2.40. The Morgan fingerprint density at radius 2 is 2.00 bits per heavy atom. The SMILES string of the molecule is Cc1c[nH]c(=O)c2c(C(=O)N3CCC4(c5ccccc5)CC4C3)c[nH]c12. The number of carbonyl (C=O) groups excluding carboxylic acids is 1. The van der Waals surface area contributed by atoms with Crippen LogP contribution < -0.4 is 5.56 Å². The summed E-state index contributed by atoms with van der Waals surface area (Å²) >= 11 is 0. The summed E-state index contributed by atoms with van der Waals surface area (Å²) < 4.78 is 0. The summed E-state index contributed by atoms with van der Waals surface area (Å²) in [6.45, 7) is 3.42. The van der Waals surface area contributed by atoms with E-state index in [2.05, 4.69) is 34.2 Å². The number of aromatic nitrogens is 2. The molecule has 3 heterocycles. The molecule has 1 aromatic carbocycles. The lowest BCUT2D eigenvalue weighted by atomic mass is 9.87. The molecule has 1 amide bonds. The summed E-state index contributed by atoms with van der Waals surface area (Å²) in [6, 6.07) is 10.7. The minimum atomic E-state index is -0.211. The average molecular weight is 347 g/mol. The number of aryl methyl sites for hydroxylation is 1. The standard InChI is InChI=1S/C21H21N3O2/c1-13-10-23-19(25)17-16(11-22-18(13)17)20(26)24-8-7-21(9-15(21)12-24)14-5-3-2-4-6-14/h2-6,10-11,15,22H,7-9,12H2,1H3,(H,23,25). The molecule has 3 aromatic rings. The zero-order chi connectivity index (χ0) is 17.9. The molecular formula is C21H21N3O2. The molecule has 2 fully saturated rings. The van der Waals surface area contributed by atoms with Gasteiger partial charge in [-0.15, -0.1) is 0 Å². The molecule has 26 heavy (non-hydrogen) atoms. The van der Waals surface area contributed by atoms with Crippen LogP contribution in [0.2, 0.25) is 0 Å². The third-order valence-electron chi connectivity index (χ3n) is 6.29. The maximum Gasteiger partial charge on any atom is 0.258 e. The number of hydrogen-bond acceptors (Lipinski definition) is 2. The average Bonchev–Trinajstić information content (AvgIpc) is 3.24. The molecule has 2 atom stereocenters. The molecule has 1 aliphatic heterocycles. The Bertz CT molecular complexity index is 1070. The highest BCUT2D eigenvalue weighted by Gasteiger charge is 2.57. The lowest BCUT2D eigenvalue weighted by Gasteiger charge is -2.32. The van der Waals surface area contributed by atoms with Gasteiger partial charge >= 0.3 is 0 Å². The molecule has 0 bridgehead atoms. The maximum absolute atomic E-state index is 13.1. The van der Waals surface area contributed by atoms with Gasteiger partial charge in [0.15, 0.2) is 0 Å². The van der Waals surface area contributed by atoms with E-state index in [0.717, 1.165) is 37.0 Å². The molecule has 2 N–H and O–H groups in total. The number of amides is 1. The van der Waals surface area contributed by atoms with Gasteiger partial charge in [-0.05, 0) is 36.8 Å². The molecule has 2 aromatic heterocycles. The van der Waals surface area contributed by atoms with Gasteiger partial charge in [0.05, 0.1) is 16.5 Å². The van der Waals surface area contributed by atoms with Crippen molar-refractivity contribution in [3.63, 3.8) is 0 Å². The molecule has 0 radical (unpaired) electrons. The van der Waals surface area contributed by atoms with Crippen LogP contribution >= 0.6 is 0 Å². The normalized spacial score (nSPS) is 24.5. The Morgan fingerprint density at radius 3 is 2.77 bits per heavy atom. The van der Waals surface area contributed by atoms with Crippen molar-refractivity contribution in [2.24, 2.45) is 5.92 Å². The van der Waals surface area contributed by atoms with Crippen LogP contribution in [0.3, 0.4) is 0 Å². The molecule has 1 aliphatic carbocycles. The van der Waals surface area contributed by atoms with Crippen molar-refractivity contribution in [3.05, 3.63) is 69.8 Å². The second kappa shape index (κ2) is 5.34. The number of pyridine rings is 1. The lowest BCUT2D eigenvalue weighted by molar-refractivity contribution is 0.0709. The highest BCUT2D eigenvalue weighted by atomic mass is 16.2. The Labute approximate surface area is 151 Å². The van der Waals surface area contributed by atoms with E-state index in [1.54, 1.807) is 12.4 Å². The van der Waals surface area contributed by atoms with E-state index in [9.17, 15) is 9.59 Å². The first kappa shape index (κ1) is 15.4. The van der Waals surface area contributed by atoms with Crippen LogP contribution in [-0.4, -0.2) is 33.9 Å². The molecule has 0 spiro atoms. The van der Waals surface area contributed by atoms with Crippen molar-refractivity contribution < 1.29 is 4.79 Å². The van der Waals surface area contributed by atoms with Crippen LogP contribution in [0, 0.1) is 12.8 Å². The van der Waals surface area contributed by atoms with Crippen LogP contribution in [0.5, 0.6) is 0 Å². The smallest absolute Gasteiger partial charge is 0.258 e. The molecule has 2 unspecified atom stereocenters. The zero-order valence-corrected chi connectivity index (χ0v) is 14.7. The van der Waals surface area contributed by atoms with Crippen LogP contribution in [0.1, 0.15) is 34.3 Å². The van der Waals surface area contributed by atoms with Crippen molar-refractivity contribution in [1.29, 1.82) is 0 Å². The Balaban J connectivity index is 1.43. The number of fused-ring (bicyclic) bond motifs is 2. The van der Waals surface area contributed by atoms with Gasteiger partial charge in [0.1, 0.15) is 0 Å². The molecule has 1 saturated heterocycles. The molecular weight excluding hydrogens is 326 g/mol. The largest absolute Gasteiger partial charge is 0.360 e. The van der Waals surface area contributed by atoms with Gasteiger partial charge in [-0.1, -0.05) is 30.3 Å². The fourth-order valence-electron chi connectivity index (χ4n) is 4.70. The zero-order valence-electron chi connectivity index (χ0n) is 14.7. The molecule has 1 saturated carbocycles. The van der Waals surface area contributed by atoms with Gasteiger partial charge in [0, 0.05) is 30.9 Å². The van der Waals surface area contributed by atoms with Crippen LogP contribution in [-0.2, 0) is 5.41 Å². The first-order chi connectivity index (χ1) is 12.6. The van der Waals surface area contributed by atoms with Crippen LogP contribution in [0.15, 0.2) is 47.5 Å². The van der Waals surface area contributed by atoms with Gasteiger partial charge in [-0.25, -0.2) is 0 Å². The quantitative estimate of drug-likeness (QED) is 0.748. The number of hydrogen-bond donors (Lipinski definition) is 2. The van der Waals surface area contributed by atoms with Gasteiger partial charge in [0.2, 0.25) is 0 Å². The Hall–Kier alpha value is -2.82. The highest BCUT2D eigenvalue weighted by molar-refractivity contribution is 6.07. The highest BCUT2D eigenvalue weighted by Crippen LogP contribution is 2.59. The van der Waals surface area contributed by atoms with E-state index in [0.29, 0.717) is 16.9 Å². The molecule has 5 nitrogen and oxygen atoms in total. The third-order valence-corrected chi connectivity index (χ3v) is 6.29. The van der Waals surface area contributed by atoms with Gasteiger partial charge in [-0.3, -0.25) is 9.59 Å². The second-order valence-corrected chi connectivity index (χ2v) is 7.68. The number of carbonyl (C=O) groups is 1. The third kappa shape index (κ3) is 2.09. The van der Waals surface area contributed by atoms with Crippen molar-refractivity contribution >= 4 is 16.8 Å². The molecule has 132 valence electrons. The van der Waals surface area contributed by atoms with Crippen molar-refractivity contribution in [1.82, 2.24) is 14.9 Å². The molecule has 2 aliphatic rings. The predicted octanol–water partition coefficient (Wildman–Crippen LogP) is 2.97. The Morgan fingerprint density at radius 1 is 1.19 bits per heavy atom. The van der Waals surface area contributed by atoms with E-state index in [1.807, 2.05) is 17.9 Å². The van der Waals surface area contributed by atoms with Crippen LogP contribution in [0.4, 0.5) is 0 Å². The predicted molar refractivity (Wildman–Crippen MR) is 100 cm³/mol. The number of likely N-dealkylation sites (tertiary alicyclic amines) is 1. The summed E-state index contributed by atoms with van der Waals surface area (Å²) in [6.07, 6.45) is 5.50. The van der Waals surface area contributed by atoms with E-state index in [4.69, 9.17) is 0 Å². The number of nitrogens with zero attached hydrogens (tertiary/aromatic N) is 1. The summed E-state index contributed by atoms with van der Waals surface area (Å²) in [5, 5.41) is 0.477. The van der Waals surface area contributed by atoms with Gasteiger partial charge in [-0.2, -0.15) is 0 Å². The molecule has 5 heteroatoms. The van der Waals surface area contributed by atoms with Gasteiger partial charge in [0.25, 0.3) is 11.5 Å². The minimum Gasteiger partial charge on any atom is -0.360 e. The monoisotopic (exact) mass is 347 g/mol.